The average Bonchev–Trinajstić information content (AvgIpc) is 2.49. The number of hydrogen-bond donors (Lipinski definition) is 2. The zero-order valence-corrected chi connectivity index (χ0v) is 13.8. The highest BCUT2D eigenvalue weighted by Crippen LogP contribution is 2.18. The molecule has 0 heterocycles. The van der Waals surface area contributed by atoms with E-state index in [1.165, 1.54) is 6.42 Å². The Morgan fingerprint density at radius 3 is 2.67 bits per heavy atom. The molecule has 0 atom stereocenters. The van der Waals surface area contributed by atoms with Crippen LogP contribution in [-0.2, 0) is 6.54 Å². The Kier molecular flexibility index (Phi) is 8.32. The van der Waals surface area contributed by atoms with Crippen LogP contribution in [0, 0.1) is 5.92 Å². The maximum Gasteiger partial charge on any atom is 0.191 e. The van der Waals surface area contributed by atoms with Crippen LogP contribution in [0.1, 0.15) is 39.2 Å². The van der Waals surface area contributed by atoms with Crippen molar-refractivity contribution in [1.82, 2.24) is 10.6 Å². The summed E-state index contributed by atoms with van der Waals surface area (Å²) in [6.45, 7) is 8.88. The molecule has 1 aromatic carbocycles. The van der Waals surface area contributed by atoms with Gasteiger partial charge in [-0.2, -0.15) is 0 Å². The van der Waals surface area contributed by atoms with E-state index in [0.29, 0.717) is 12.5 Å². The molecule has 0 amide bonds. The van der Waals surface area contributed by atoms with Crippen molar-refractivity contribution in [2.24, 2.45) is 10.9 Å². The average molecular weight is 291 g/mol. The fourth-order valence-corrected chi connectivity index (χ4v) is 1.83. The molecule has 4 nitrogen and oxygen atoms in total. The predicted octanol–water partition coefficient (Wildman–Crippen LogP) is 3.19. The third-order valence-electron chi connectivity index (χ3n) is 3.04. The molecule has 118 valence electrons. The summed E-state index contributed by atoms with van der Waals surface area (Å²) in [7, 11) is 1.79. The van der Waals surface area contributed by atoms with E-state index in [1.807, 2.05) is 18.2 Å². The van der Waals surface area contributed by atoms with Gasteiger partial charge in [0.2, 0.25) is 0 Å². The molecule has 1 aromatic rings. The lowest BCUT2D eigenvalue weighted by molar-refractivity contribution is 0.268. The summed E-state index contributed by atoms with van der Waals surface area (Å²) in [5.41, 5.74) is 1.15. The molecule has 0 aromatic heterocycles. The standard InChI is InChI=1S/C17H29N3O/c1-5-6-11-19-17(18-4)20-12-15-9-7-8-10-16(15)21-13-14(2)3/h7-10,14H,5-6,11-13H2,1-4H3,(H2,18,19,20). The fraction of sp³-hybridized carbons (Fsp3) is 0.588. The number of benzene rings is 1. The Morgan fingerprint density at radius 1 is 1.24 bits per heavy atom. The van der Waals surface area contributed by atoms with Crippen molar-refractivity contribution in [3.63, 3.8) is 0 Å². The van der Waals surface area contributed by atoms with E-state index in [4.69, 9.17) is 4.74 Å². The van der Waals surface area contributed by atoms with Gasteiger partial charge in [0.05, 0.1) is 6.61 Å². The highest BCUT2D eigenvalue weighted by Gasteiger charge is 2.05. The summed E-state index contributed by atoms with van der Waals surface area (Å²) >= 11 is 0. The van der Waals surface area contributed by atoms with Crippen molar-refractivity contribution in [3.8, 4) is 5.75 Å². The van der Waals surface area contributed by atoms with Crippen LogP contribution < -0.4 is 15.4 Å². The van der Waals surface area contributed by atoms with Gasteiger partial charge in [0.15, 0.2) is 5.96 Å². The number of guanidine groups is 1. The molecule has 0 saturated heterocycles. The lowest BCUT2D eigenvalue weighted by atomic mass is 10.2. The molecule has 0 aliphatic carbocycles. The Bertz CT molecular complexity index is 430. The van der Waals surface area contributed by atoms with E-state index in [1.54, 1.807) is 7.05 Å². The third-order valence-corrected chi connectivity index (χ3v) is 3.04. The summed E-state index contributed by atoms with van der Waals surface area (Å²) in [5.74, 6) is 2.30. The number of rotatable bonds is 8. The normalized spacial score (nSPS) is 11.6. The Morgan fingerprint density at radius 2 is 2.00 bits per heavy atom. The van der Waals surface area contributed by atoms with Gasteiger partial charge in [-0.25, -0.2) is 0 Å². The second-order valence-electron chi connectivity index (χ2n) is 5.52. The monoisotopic (exact) mass is 291 g/mol. The summed E-state index contributed by atoms with van der Waals surface area (Å²) in [6, 6.07) is 8.15. The molecule has 21 heavy (non-hydrogen) atoms. The molecule has 0 bridgehead atoms. The molecule has 4 heteroatoms. The molecule has 1 rings (SSSR count). The number of hydrogen-bond acceptors (Lipinski definition) is 2. The topological polar surface area (TPSA) is 45.7 Å². The minimum Gasteiger partial charge on any atom is -0.493 e. The maximum absolute atomic E-state index is 5.86. The van der Waals surface area contributed by atoms with Crippen LogP contribution >= 0.6 is 0 Å². The van der Waals surface area contributed by atoms with Crippen molar-refractivity contribution < 1.29 is 4.74 Å². The second kappa shape index (κ2) is 10.1. The van der Waals surface area contributed by atoms with Gasteiger partial charge >= 0.3 is 0 Å². The van der Waals surface area contributed by atoms with Gasteiger partial charge < -0.3 is 15.4 Å². The lowest BCUT2D eigenvalue weighted by Crippen LogP contribution is -2.37. The summed E-state index contributed by atoms with van der Waals surface area (Å²) < 4.78 is 5.86. The van der Waals surface area contributed by atoms with Gasteiger partial charge in [0.1, 0.15) is 5.75 Å². The largest absolute Gasteiger partial charge is 0.493 e. The summed E-state index contributed by atoms with van der Waals surface area (Å²) in [4.78, 5) is 4.23. The van der Waals surface area contributed by atoms with Crippen LogP contribution in [0.4, 0.5) is 0 Å². The number of para-hydroxylation sites is 1. The van der Waals surface area contributed by atoms with E-state index in [9.17, 15) is 0 Å². The Balaban J connectivity index is 2.53. The SMILES string of the molecule is CCCCNC(=NC)NCc1ccccc1OCC(C)C. The fourth-order valence-electron chi connectivity index (χ4n) is 1.83. The van der Waals surface area contributed by atoms with Crippen LogP contribution in [0.2, 0.25) is 0 Å². The van der Waals surface area contributed by atoms with Crippen LogP contribution in [0.3, 0.4) is 0 Å². The van der Waals surface area contributed by atoms with Crippen LogP contribution in [-0.4, -0.2) is 26.2 Å². The third kappa shape index (κ3) is 7.02. The van der Waals surface area contributed by atoms with E-state index in [0.717, 1.165) is 36.8 Å². The minimum absolute atomic E-state index is 0.523. The van der Waals surface area contributed by atoms with Crippen molar-refractivity contribution in [2.45, 2.75) is 40.2 Å². The first-order valence-corrected chi connectivity index (χ1v) is 7.82. The molecule has 0 unspecified atom stereocenters. The van der Waals surface area contributed by atoms with Gasteiger partial charge in [-0.15, -0.1) is 0 Å². The van der Waals surface area contributed by atoms with Gasteiger partial charge in [0, 0.05) is 25.7 Å². The zero-order chi connectivity index (χ0) is 15.5. The van der Waals surface area contributed by atoms with Crippen LogP contribution in [0.5, 0.6) is 5.75 Å². The number of nitrogens with zero attached hydrogens (tertiary/aromatic N) is 1. The lowest BCUT2D eigenvalue weighted by Gasteiger charge is -2.15. The summed E-state index contributed by atoms with van der Waals surface area (Å²) in [6.07, 6.45) is 2.32. The van der Waals surface area contributed by atoms with Gasteiger partial charge in [-0.1, -0.05) is 45.4 Å². The van der Waals surface area contributed by atoms with E-state index >= 15 is 0 Å². The first-order valence-electron chi connectivity index (χ1n) is 7.82. The Hall–Kier alpha value is -1.71. The number of unbranched alkanes of at least 4 members (excludes halogenated alkanes) is 1. The predicted molar refractivity (Wildman–Crippen MR) is 89.9 cm³/mol. The molecule has 0 aliphatic heterocycles. The number of nitrogens with one attached hydrogen (secondary N) is 2. The van der Waals surface area contributed by atoms with E-state index in [2.05, 4.69) is 42.5 Å². The van der Waals surface area contributed by atoms with Gasteiger partial charge in [-0.05, 0) is 18.4 Å². The van der Waals surface area contributed by atoms with Crippen molar-refractivity contribution in [2.75, 3.05) is 20.2 Å². The van der Waals surface area contributed by atoms with Crippen molar-refractivity contribution in [3.05, 3.63) is 29.8 Å². The van der Waals surface area contributed by atoms with Crippen LogP contribution in [0.25, 0.3) is 0 Å². The first-order chi connectivity index (χ1) is 10.2. The molecule has 0 saturated carbocycles. The summed E-state index contributed by atoms with van der Waals surface area (Å²) in [5, 5.41) is 6.64. The highest BCUT2D eigenvalue weighted by molar-refractivity contribution is 5.79. The molecule has 0 radical (unpaired) electrons. The maximum atomic E-state index is 5.86. The molecule has 0 aliphatic rings. The minimum atomic E-state index is 0.523. The smallest absolute Gasteiger partial charge is 0.191 e. The van der Waals surface area contributed by atoms with Crippen LogP contribution in [0.15, 0.2) is 29.3 Å². The quantitative estimate of drug-likeness (QED) is 0.439. The van der Waals surface area contributed by atoms with E-state index in [-0.39, 0.29) is 0 Å². The number of ether oxygens (including phenoxy) is 1. The Labute approximate surface area is 129 Å². The van der Waals surface area contributed by atoms with Gasteiger partial charge in [0.25, 0.3) is 0 Å². The molecule has 0 fully saturated rings. The molecule has 0 spiro atoms. The molecular weight excluding hydrogens is 262 g/mol. The van der Waals surface area contributed by atoms with Gasteiger partial charge in [-0.3, -0.25) is 4.99 Å². The second-order valence-corrected chi connectivity index (χ2v) is 5.52. The first kappa shape index (κ1) is 17.3. The highest BCUT2D eigenvalue weighted by atomic mass is 16.5. The number of aliphatic imine (C=N–C) groups is 1. The van der Waals surface area contributed by atoms with E-state index < -0.39 is 0 Å². The molecular formula is C17H29N3O. The van der Waals surface area contributed by atoms with Crippen molar-refractivity contribution in [1.29, 1.82) is 0 Å². The molecule has 2 N–H and O–H groups in total. The zero-order valence-electron chi connectivity index (χ0n) is 13.8. The van der Waals surface area contributed by atoms with Crippen molar-refractivity contribution >= 4 is 5.96 Å².